The molecule has 1 fully saturated rings. The van der Waals surface area contributed by atoms with Gasteiger partial charge in [-0.3, -0.25) is 0 Å². The topological polar surface area (TPSA) is 64.1 Å². The van der Waals surface area contributed by atoms with Crippen LogP contribution < -0.4 is 15.4 Å². The van der Waals surface area contributed by atoms with Gasteiger partial charge < -0.3 is 24.8 Å². The molecule has 152 valence electrons. The van der Waals surface area contributed by atoms with Crippen molar-refractivity contribution in [3.8, 4) is 5.75 Å². The highest BCUT2D eigenvalue weighted by Gasteiger charge is 2.22. The molecule has 0 aliphatic heterocycles. The Morgan fingerprint density at radius 3 is 2.74 bits per heavy atom. The Labute approximate surface area is 163 Å². The minimum Gasteiger partial charge on any atom is -0.493 e. The van der Waals surface area contributed by atoms with E-state index < -0.39 is 0 Å². The van der Waals surface area contributed by atoms with Crippen LogP contribution in [-0.4, -0.2) is 52.6 Å². The predicted octanol–water partition coefficient (Wildman–Crippen LogP) is 2.97. The highest BCUT2D eigenvalue weighted by atomic mass is 16.5. The van der Waals surface area contributed by atoms with E-state index in [0.29, 0.717) is 19.8 Å². The van der Waals surface area contributed by atoms with Gasteiger partial charge in [-0.2, -0.15) is 0 Å². The third kappa shape index (κ3) is 9.63. The number of methoxy groups -OCH3 is 1. The molecule has 0 atom stereocenters. The zero-order chi connectivity index (χ0) is 19.2. The molecular formula is C21H35N3O3. The fourth-order valence-corrected chi connectivity index (χ4v) is 2.55. The molecule has 2 rings (SSSR count). The van der Waals surface area contributed by atoms with Gasteiger partial charge in [0.05, 0.1) is 26.4 Å². The number of hydrogen-bond acceptors (Lipinski definition) is 4. The Balaban J connectivity index is 1.72. The zero-order valence-corrected chi connectivity index (χ0v) is 16.8. The highest BCUT2D eigenvalue weighted by Crippen LogP contribution is 2.30. The predicted molar refractivity (Wildman–Crippen MR) is 109 cm³/mol. The summed E-state index contributed by atoms with van der Waals surface area (Å²) in [5, 5.41) is 6.69. The van der Waals surface area contributed by atoms with E-state index in [2.05, 4.69) is 23.6 Å². The molecule has 0 heterocycles. The van der Waals surface area contributed by atoms with Crippen molar-refractivity contribution in [2.24, 2.45) is 10.9 Å². The van der Waals surface area contributed by atoms with Gasteiger partial charge in [0.25, 0.3) is 0 Å². The van der Waals surface area contributed by atoms with E-state index in [1.54, 1.807) is 7.11 Å². The summed E-state index contributed by atoms with van der Waals surface area (Å²) in [6.07, 6.45) is 4.66. The molecule has 0 bridgehead atoms. The molecule has 0 amide bonds. The normalized spacial score (nSPS) is 14.2. The van der Waals surface area contributed by atoms with Gasteiger partial charge in [0.1, 0.15) is 5.75 Å². The number of unbranched alkanes of at least 4 members (excludes halogenated alkanes) is 1. The molecule has 2 N–H and O–H groups in total. The lowest BCUT2D eigenvalue weighted by atomic mass is 10.2. The van der Waals surface area contributed by atoms with E-state index in [1.807, 2.05) is 18.2 Å². The minimum absolute atomic E-state index is 0.607. The van der Waals surface area contributed by atoms with Gasteiger partial charge in [-0.15, -0.1) is 0 Å². The number of para-hydroxylation sites is 1. The summed E-state index contributed by atoms with van der Waals surface area (Å²) >= 11 is 0. The first-order valence-electron chi connectivity index (χ1n) is 10.1. The summed E-state index contributed by atoms with van der Waals surface area (Å²) in [5.41, 5.74) is 1.13. The molecule has 0 radical (unpaired) electrons. The summed E-state index contributed by atoms with van der Waals surface area (Å²) < 4.78 is 16.4. The SMILES string of the molecule is CCNC(=NCc1ccccc1OCC1CC1)NCCCCOCCOC. The first kappa shape index (κ1) is 21.5. The van der Waals surface area contributed by atoms with Crippen molar-refractivity contribution in [1.29, 1.82) is 0 Å². The molecule has 0 saturated heterocycles. The standard InChI is InChI=1S/C21H35N3O3/c1-3-22-21(23-12-6-7-13-26-15-14-25-2)24-16-19-8-4-5-9-20(19)27-17-18-10-11-18/h4-5,8-9,18H,3,6-7,10-17H2,1-2H3,(H2,22,23,24). The van der Waals surface area contributed by atoms with Crippen molar-refractivity contribution < 1.29 is 14.2 Å². The average molecular weight is 378 g/mol. The van der Waals surface area contributed by atoms with Crippen LogP contribution in [0, 0.1) is 5.92 Å². The maximum atomic E-state index is 5.97. The fraction of sp³-hybridized carbons (Fsp3) is 0.667. The van der Waals surface area contributed by atoms with E-state index in [0.717, 1.165) is 62.3 Å². The Morgan fingerprint density at radius 2 is 1.96 bits per heavy atom. The number of nitrogens with one attached hydrogen (secondary N) is 2. The van der Waals surface area contributed by atoms with Crippen LogP contribution in [0.15, 0.2) is 29.3 Å². The molecular weight excluding hydrogens is 342 g/mol. The van der Waals surface area contributed by atoms with Gasteiger partial charge in [-0.05, 0) is 44.6 Å². The van der Waals surface area contributed by atoms with Crippen molar-refractivity contribution in [2.45, 2.75) is 39.2 Å². The van der Waals surface area contributed by atoms with Crippen molar-refractivity contribution in [1.82, 2.24) is 10.6 Å². The first-order valence-corrected chi connectivity index (χ1v) is 10.1. The van der Waals surface area contributed by atoms with Crippen molar-refractivity contribution in [2.75, 3.05) is 46.6 Å². The lowest BCUT2D eigenvalue weighted by Crippen LogP contribution is -2.37. The number of aliphatic imine (C=N–C) groups is 1. The number of guanidine groups is 1. The molecule has 0 unspecified atom stereocenters. The van der Waals surface area contributed by atoms with E-state index in [4.69, 9.17) is 19.2 Å². The molecule has 27 heavy (non-hydrogen) atoms. The van der Waals surface area contributed by atoms with Crippen LogP contribution in [0.4, 0.5) is 0 Å². The Hall–Kier alpha value is -1.79. The molecule has 1 aliphatic carbocycles. The monoisotopic (exact) mass is 377 g/mol. The largest absolute Gasteiger partial charge is 0.493 e. The zero-order valence-electron chi connectivity index (χ0n) is 16.8. The number of hydrogen-bond donors (Lipinski definition) is 2. The summed E-state index contributed by atoms with van der Waals surface area (Å²) in [6, 6.07) is 8.19. The third-order valence-electron chi connectivity index (χ3n) is 4.34. The van der Waals surface area contributed by atoms with Crippen LogP contribution in [0.25, 0.3) is 0 Å². The minimum atomic E-state index is 0.607. The molecule has 6 heteroatoms. The lowest BCUT2D eigenvalue weighted by Gasteiger charge is -2.13. The maximum absolute atomic E-state index is 5.97. The first-order chi connectivity index (χ1) is 13.3. The number of nitrogens with zero attached hydrogens (tertiary/aromatic N) is 1. The third-order valence-corrected chi connectivity index (χ3v) is 4.34. The van der Waals surface area contributed by atoms with E-state index in [-0.39, 0.29) is 0 Å². The number of rotatable bonds is 14. The summed E-state index contributed by atoms with van der Waals surface area (Å²) in [7, 11) is 1.69. The highest BCUT2D eigenvalue weighted by molar-refractivity contribution is 5.79. The molecule has 0 aromatic heterocycles. The lowest BCUT2D eigenvalue weighted by molar-refractivity contribution is 0.0689. The van der Waals surface area contributed by atoms with Gasteiger partial charge in [0.15, 0.2) is 5.96 Å². The van der Waals surface area contributed by atoms with Crippen LogP contribution in [0.3, 0.4) is 0 Å². The maximum Gasteiger partial charge on any atom is 0.191 e. The summed E-state index contributed by atoms with van der Waals surface area (Å²) in [4.78, 5) is 4.71. The second-order valence-electron chi connectivity index (χ2n) is 6.80. The van der Waals surface area contributed by atoms with Crippen LogP contribution in [0.2, 0.25) is 0 Å². The average Bonchev–Trinajstić information content (AvgIpc) is 3.51. The molecule has 1 aliphatic rings. The molecule has 0 spiro atoms. The second-order valence-corrected chi connectivity index (χ2v) is 6.80. The molecule has 1 aromatic carbocycles. The van der Waals surface area contributed by atoms with E-state index >= 15 is 0 Å². The molecule has 1 saturated carbocycles. The summed E-state index contributed by atoms with van der Waals surface area (Å²) in [6.45, 7) is 7.31. The number of ether oxygens (including phenoxy) is 3. The molecule has 1 aromatic rings. The van der Waals surface area contributed by atoms with Crippen molar-refractivity contribution >= 4 is 5.96 Å². The van der Waals surface area contributed by atoms with Crippen LogP contribution >= 0.6 is 0 Å². The van der Waals surface area contributed by atoms with Gasteiger partial charge >= 0.3 is 0 Å². The van der Waals surface area contributed by atoms with Gasteiger partial charge in [-0.25, -0.2) is 4.99 Å². The van der Waals surface area contributed by atoms with Crippen LogP contribution in [0.5, 0.6) is 5.75 Å². The van der Waals surface area contributed by atoms with Gasteiger partial charge in [0.2, 0.25) is 0 Å². The summed E-state index contributed by atoms with van der Waals surface area (Å²) in [5.74, 6) is 2.55. The number of benzene rings is 1. The van der Waals surface area contributed by atoms with Crippen molar-refractivity contribution in [3.63, 3.8) is 0 Å². The van der Waals surface area contributed by atoms with Gasteiger partial charge in [0, 0.05) is 32.4 Å². The van der Waals surface area contributed by atoms with E-state index in [9.17, 15) is 0 Å². The fourth-order valence-electron chi connectivity index (χ4n) is 2.55. The Morgan fingerprint density at radius 1 is 1.11 bits per heavy atom. The Bertz CT molecular complexity index is 547. The smallest absolute Gasteiger partial charge is 0.191 e. The molecule has 6 nitrogen and oxygen atoms in total. The second kappa shape index (κ2) is 13.4. The van der Waals surface area contributed by atoms with E-state index in [1.165, 1.54) is 12.8 Å². The van der Waals surface area contributed by atoms with Crippen LogP contribution in [-0.2, 0) is 16.0 Å². The van der Waals surface area contributed by atoms with Gasteiger partial charge in [-0.1, -0.05) is 18.2 Å². The van der Waals surface area contributed by atoms with Crippen molar-refractivity contribution in [3.05, 3.63) is 29.8 Å². The Kier molecular flexibility index (Phi) is 10.7. The quantitative estimate of drug-likeness (QED) is 0.296. The van der Waals surface area contributed by atoms with Crippen LogP contribution in [0.1, 0.15) is 38.2 Å².